The molecule has 0 spiro atoms. The maximum absolute atomic E-state index is 6.13. The van der Waals surface area contributed by atoms with Crippen LogP contribution in [0, 0.1) is 41.4 Å². The van der Waals surface area contributed by atoms with Gasteiger partial charge in [0.05, 0.1) is 0 Å². The average molecular weight is 251 g/mol. The molecule has 0 aliphatic rings. The number of hydrogen-bond donors (Lipinski definition) is 1. The number of hydrogen-bond acceptors (Lipinski definition) is 1. The second-order valence-electron chi connectivity index (χ2n) is 6.73. The Morgan fingerprint density at radius 2 is 1.39 bits per heavy atom. The Morgan fingerprint density at radius 3 is 1.83 bits per heavy atom. The van der Waals surface area contributed by atoms with Gasteiger partial charge in [-0.05, 0) is 30.6 Å². The van der Waals surface area contributed by atoms with Gasteiger partial charge in [-0.25, -0.2) is 0 Å². The summed E-state index contributed by atoms with van der Waals surface area (Å²) in [7, 11) is 0. The van der Waals surface area contributed by atoms with E-state index >= 15 is 0 Å². The molecule has 0 fully saturated rings. The van der Waals surface area contributed by atoms with Gasteiger partial charge in [0, 0.05) is 17.9 Å². The van der Waals surface area contributed by atoms with Crippen molar-refractivity contribution in [2.24, 2.45) is 35.3 Å². The molecule has 4 atom stereocenters. The van der Waals surface area contributed by atoms with Crippen molar-refractivity contribution in [3.05, 3.63) is 0 Å². The Hall–Kier alpha value is -0.480. The van der Waals surface area contributed by atoms with Crippen LogP contribution in [0.15, 0.2) is 0 Å². The van der Waals surface area contributed by atoms with Crippen LogP contribution in [0.2, 0.25) is 0 Å². The molecule has 0 saturated heterocycles. The Morgan fingerprint density at radius 1 is 0.833 bits per heavy atom. The van der Waals surface area contributed by atoms with Crippen molar-refractivity contribution in [1.29, 1.82) is 0 Å². The van der Waals surface area contributed by atoms with E-state index in [1.165, 1.54) is 6.42 Å². The van der Waals surface area contributed by atoms with Gasteiger partial charge in [-0.2, -0.15) is 0 Å². The first-order chi connectivity index (χ1) is 8.23. The highest BCUT2D eigenvalue weighted by molar-refractivity contribution is 5.06. The fourth-order valence-corrected chi connectivity index (χ4v) is 2.09. The first kappa shape index (κ1) is 17.5. The third kappa shape index (κ3) is 7.77. The van der Waals surface area contributed by atoms with Crippen LogP contribution in [0.3, 0.4) is 0 Å². The van der Waals surface area contributed by atoms with Gasteiger partial charge in [-0.1, -0.05) is 60.3 Å². The number of nitrogens with two attached hydrogens (primary N) is 1. The standard InChI is InChI=1S/C17H33N/c1-12(2)10-14(5)8-9-15(6)16(7)11-17(18)13(3)4/h12-17H,10-11,18H2,1-7H3. The fourth-order valence-electron chi connectivity index (χ4n) is 2.09. The van der Waals surface area contributed by atoms with Crippen LogP contribution in [0.25, 0.3) is 0 Å². The lowest BCUT2D eigenvalue weighted by Crippen LogP contribution is -2.29. The molecule has 4 unspecified atom stereocenters. The largest absolute Gasteiger partial charge is 0.327 e. The molecular formula is C17H33N. The van der Waals surface area contributed by atoms with E-state index in [1.54, 1.807) is 0 Å². The lowest BCUT2D eigenvalue weighted by atomic mass is 9.86. The molecule has 0 aromatic carbocycles. The van der Waals surface area contributed by atoms with Gasteiger partial charge in [0.2, 0.25) is 0 Å². The minimum atomic E-state index is 0.303. The lowest BCUT2D eigenvalue weighted by Gasteiger charge is -2.22. The summed E-state index contributed by atoms with van der Waals surface area (Å²) in [5.74, 6) is 9.67. The quantitative estimate of drug-likeness (QED) is 0.699. The SMILES string of the molecule is CC(C)CC(C)C#CC(C)C(C)CC(N)C(C)C. The second-order valence-corrected chi connectivity index (χ2v) is 6.73. The molecule has 0 aromatic rings. The van der Waals surface area contributed by atoms with Gasteiger partial charge < -0.3 is 5.73 Å². The Balaban J connectivity index is 4.23. The lowest BCUT2D eigenvalue weighted by molar-refractivity contribution is 0.349. The molecular weight excluding hydrogens is 218 g/mol. The van der Waals surface area contributed by atoms with Gasteiger partial charge in [0.15, 0.2) is 0 Å². The van der Waals surface area contributed by atoms with E-state index in [9.17, 15) is 0 Å². The zero-order valence-corrected chi connectivity index (χ0v) is 13.5. The molecule has 1 nitrogen and oxygen atoms in total. The van der Waals surface area contributed by atoms with Gasteiger partial charge in [0.1, 0.15) is 0 Å². The molecule has 18 heavy (non-hydrogen) atoms. The molecule has 0 heterocycles. The predicted octanol–water partition coefficient (Wildman–Crippen LogP) is 4.32. The highest BCUT2D eigenvalue weighted by Crippen LogP contribution is 2.19. The van der Waals surface area contributed by atoms with Crippen LogP contribution in [-0.4, -0.2) is 6.04 Å². The van der Waals surface area contributed by atoms with Crippen molar-refractivity contribution in [3.8, 4) is 11.8 Å². The van der Waals surface area contributed by atoms with Crippen LogP contribution < -0.4 is 5.73 Å². The fraction of sp³-hybridized carbons (Fsp3) is 0.882. The van der Waals surface area contributed by atoms with Crippen molar-refractivity contribution in [1.82, 2.24) is 0 Å². The van der Waals surface area contributed by atoms with E-state index in [1.807, 2.05) is 0 Å². The Labute approximate surface area is 115 Å². The minimum absolute atomic E-state index is 0.303. The highest BCUT2D eigenvalue weighted by Gasteiger charge is 2.16. The summed E-state index contributed by atoms with van der Waals surface area (Å²) in [5.41, 5.74) is 6.13. The van der Waals surface area contributed by atoms with Crippen LogP contribution in [0.4, 0.5) is 0 Å². The third-order valence-corrected chi connectivity index (χ3v) is 3.74. The first-order valence-corrected chi connectivity index (χ1v) is 7.50. The summed E-state index contributed by atoms with van der Waals surface area (Å²) >= 11 is 0. The van der Waals surface area contributed by atoms with Crippen LogP contribution >= 0.6 is 0 Å². The van der Waals surface area contributed by atoms with E-state index in [2.05, 4.69) is 60.3 Å². The molecule has 0 saturated carbocycles. The zero-order chi connectivity index (χ0) is 14.3. The summed E-state index contributed by atoms with van der Waals surface area (Å²) in [6.07, 6.45) is 2.27. The maximum atomic E-state index is 6.13. The molecule has 0 rings (SSSR count). The molecule has 1 heteroatoms. The van der Waals surface area contributed by atoms with Crippen LogP contribution in [-0.2, 0) is 0 Å². The summed E-state index contributed by atoms with van der Waals surface area (Å²) in [4.78, 5) is 0. The third-order valence-electron chi connectivity index (χ3n) is 3.74. The molecule has 0 aliphatic heterocycles. The second kappa shape index (κ2) is 8.59. The van der Waals surface area contributed by atoms with Gasteiger partial charge in [0.25, 0.3) is 0 Å². The smallest absolute Gasteiger partial charge is 0.0200 e. The monoisotopic (exact) mass is 251 g/mol. The topological polar surface area (TPSA) is 26.0 Å². The summed E-state index contributed by atoms with van der Waals surface area (Å²) in [5, 5.41) is 0. The zero-order valence-electron chi connectivity index (χ0n) is 13.5. The van der Waals surface area contributed by atoms with Crippen LogP contribution in [0.1, 0.15) is 61.3 Å². The van der Waals surface area contributed by atoms with E-state index in [0.29, 0.717) is 29.7 Å². The first-order valence-electron chi connectivity index (χ1n) is 7.50. The van der Waals surface area contributed by atoms with Gasteiger partial charge in [-0.15, -0.1) is 0 Å². The molecule has 0 bridgehead atoms. The summed E-state index contributed by atoms with van der Waals surface area (Å²) in [6.45, 7) is 15.6. The highest BCUT2D eigenvalue weighted by atomic mass is 14.6. The molecule has 106 valence electrons. The molecule has 0 amide bonds. The summed E-state index contributed by atoms with van der Waals surface area (Å²) < 4.78 is 0. The Bertz CT molecular complexity index is 269. The molecule has 2 N–H and O–H groups in total. The summed E-state index contributed by atoms with van der Waals surface area (Å²) in [6, 6.07) is 0.303. The predicted molar refractivity (Wildman–Crippen MR) is 82.2 cm³/mol. The normalized spacial score (nSPS) is 18.1. The molecule has 0 radical (unpaired) electrons. The van der Waals surface area contributed by atoms with E-state index < -0.39 is 0 Å². The average Bonchev–Trinajstić information content (AvgIpc) is 2.24. The minimum Gasteiger partial charge on any atom is -0.327 e. The van der Waals surface area contributed by atoms with E-state index in [-0.39, 0.29) is 0 Å². The van der Waals surface area contributed by atoms with Crippen molar-refractivity contribution in [2.75, 3.05) is 0 Å². The van der Waals surface area contributed by atoms with Crippen LogP contribution in [0.5, 0.6) is 0 Å². The van der Waals surface area contributed by atoms with E-state index in [0.717, 1.165) is 12.3 Å². The molecule has 0 aromatic heterocycles. The number of rotatable bonds is 6. The van der Waals surface area contributed by atoms with E-state index in [4.69, 9.17) is 5.73 Å². The Kier molecular flexibility index (Phi) is 8.36. The van der Waals surface area contributed by atoms with Gasteiger partial charge in [-0.3, -0.25) is 0 Å². The maximum Gasteiger partial charge on any atom is 0.0200 e. The molecule has 0 aliphatic carbocycles. The van der Waals surface area contributed by atoms with Crippen molar-refractivity contribution in [2.45, 2.75) is 67.3 Å². The van der Waals surface area contributed by atoms with Crippen molar-refractivity contribution >= 4 is 0 Å². The van der Waals surface area contributed by atoms with Crippen molar-refractivity contribution < 1.29 is 0 Å². The van der Waals surface area contributed by atoms with Gasteiger partial charge >= 0.3 is 0 Å². The van der Waals surface area contributed by atoms with Crippen molar-refractivity contribution in [3.63, 3.8) is 0 Å².